The number of hydrogen-bond acceptors (Lipinski definition) is 1. The Kier molecular flexibility index (Phi) is 1.40. The van der Waals surface area contributed by atoms with Crippen LogP contribution in [0.5, 0.6) is 0 Å². The molecule has 55 valence electrons. The number of rotatable bonds is 1. The van der Waals surface area contributed by atoms with Gasteiger partial charge in [-0.2, -0.15) is 0 Å². The summed E-state index contributed by atoms with van der Waals surface area (Å²) in [7, 11) is 0. The Morgan fingerprint density at radius 2 is 2.18 bits per heavy atom. The molecule has 0 fully saturated rings. The first kappa shape index (κ1) is 6.43. The van der Waals surface area contributed by atoms with Crippen molar-refractivity contribution in [3.05, 3.63) is 36.1 Å². The number of hydrogen-bond donors (Lipinski definition) is 0. The predicted octanol–water partition coefficient (Wildman–Crippen LogP) is 2.36. The van der Waals surface area contributed by atoms with E-state index < -0.39 is 0 Å². The molecule has 1 radical (unpaired) electrons. The van der Waals surface area contributed by atoms with Gasteiger partial charge >= 0.3 is 0 Å². The summed E-state index contributed by atoms with van der Waals surface area (Å²) < 4.78 is 5.12. The van der Waals surface area contributed by atoms with Crippen molar-refractivity contribution in [2.45, 2.75) is 6.61 Å². The largest absolute Gasteiger partial charge is 0.464 e. The third-order valence-electron chi connectivity index (χ3n) is 1.68. The van der Waals surface area contributed by atoms with E-state index in [-0.39, 0.29) is 6.61 Å². The van der Waals surface area contributed by atoms with Crippen molar-refractivity contribution in [3.63, 3.8) is 0 Å². The van der Waals surface area contributed by atoms with Crippen LogP contribution in [0, 0.1) is 0 Å². The average Bonchev–Trinajstić information content (AvgIpc) is 2.50. The van der Waals surface area contributed by atoms with Gasteiger partial charge in [-0.1, -0.05) is 6.07 Å². The van der Waals surface area contributed by atoms with Gasteiger partial charge in [0, 0.05) is 5.39 Å². The van der Waals surface area contributed by atoms with E-state index in [1.54, 1.807) is 12.3 Å². The molecule has 2 aromatic rings. The molecule has 0 unspecified atom stereocenters. The Hall–Kier alpha value is -1.28. The molecule has 0 saturated heterocycles. The van der Waals surface area contributed by atoms with Crippen LogP contribution in [0.3, 0.4) is 0 Å². The summed E-state index contributed by atoms with van der Waals surface area (Å²) in [5.41, 5.74) is 1.64. The fourth-order valence-electron chi connectivity index (χ4n) is 1.11. The first-order valence-electron chi connectivity index (χ1n) is 3.44. The van der Waals surface area contributed by atoms with Gasteiger partial charge in [0.25, 0.3) is 0 Å². The van der Waals surface area contributed by atoms with Crippen LogP contribution in [0.1, 0.15) is 5.56 Å². The second-order valence-electron chi connectivity index (χ2n) is 2.44. The SMILES string of the molecule is [O]Cc1ccc2occc2c1. The highest BCUT2D eigenvalue weighted by Crippen LogP contribution is 2.16. The molecule has 0 aliphatic heterocycles. The van der Waals surface area contributed by atoms with Crippen LogP contribution >= 0.6 is 0 Å². The van der Waals surface area contributed by atoms with E-state index in [1.807, 2.05) is 18.2 Å². The molecule has 0 N–H and O–H groups in total. The van der Waals surface area contributed by atoms with Crippen LogP contribution in [-0.4, -0.2) is 0 Å². The van der Waals surface area contributed by atoms with Gasteiger partial charge in [-0.05, 0) is 23.8 Å². The second kappa shape index (κ2) is 2.40. The van der Waals surface area contributed by atoms with Crippen molar-refractivity contribution in [3.8, 4) is 0 Å². The summed E-state index contributed by atoms with van der Waals surface area (Å²) in [4.78, 5) is 0. The average molecular weight is 147 g/mol. The lowest BCUT2D eigenvalue weighted by molar-refractivity contribution is 0.177. The zero-order chi connectivity index (χ0) is 7.68. The minimum Gasteiger partial charge on any atom is -0.464 e. The van der Waals surface area contributed by atoms with Crippen LogP contribution < -0.4 is 0 Å². The standard InChI is InChI=1S/C9H7O2/c10-6-7-1-2-9-8(5-7)3-4-11-9/h1-5H,6H2. The van der Waals surface area contributed by atoms with Crippen LogP contribution in [0.4, 0.5) is 0 Å². The maximum atomic E-state index is 10.5. The number of fused-ring (bicyclic) bond motifs is 1. The van der Waals surface area contributed by atoms with Gasteiger partial charge < -0.3 is 4.42 Å². The minimum atomic E-state index is -0.166. The first-order chi connectivity index (χ1) is 5.40. The third-order valence-corrected chi connectivity index (χ3v) is 1.68. The Morgan fingerprint density at radius 3 is 3.00 bits per heavy atom. The van der Waals surface area contributed by atoms with Gasteiger partial charge in [0.05, 0.1) is 6.26 Å². The molecule has 2 rings (SSSR count). The van der Waals surface area contributed by atoms with Gasteiger partial charge in [-0.25, -0.2) is 5.11 Å². The Morgan fingerprint density at radius 1 is 1.27 bits per heavy atom. The molecule has 0 atom stereocenters. The molecule has 0 aliphatic carbocycles. The summed E-state index contributed by atoms with van der Waals surface area (Å²) in [5, 5.41) is 11.5. The molecule has 2 heteroatoms. The van der Waals surface area contributed by atoms with Crippen LogP contribution in [0.15, 0.2) is 34.9 Å². The maximum absolute atomic E-state index is 10.5. The minimum absolute atomic E-state index is 0.166. The highest BCUT2D eigenvalue weighted by atomic mass is 16.3. The van der Waals surface area contributed by atoms with E-state index in [2.05, 4.69) is 0 Å². The van der Waals surface area contributed by atoms with E-state index in [4.69, 9.17) is 4.42 Å². The molecule has 1 heterocycles. The molecule has 11 heavy (non-hydrogen) atoms. The summed E-state index contributed by atoms with van der Waals surface area (Å²) in [6.45, 7) is -0.166. The zero-order valence-corrected chi connectivity index (χ0v) is 5.91. The fraction of sp³-hybridized carbons (Fsp3) is 0.111. The van der Waals surface area contributed by atoms with E-state index >= 15 is 0 Å². The quantitative estimate of drug-likeness (QED) is 0.609. The van der Waals surface area contributed by atoms with Gasteiger partial charge in [0.15, 0.2) is 0 Å². The molecular formula is C9H7O2. The second-order valence-corrected chi connectivity index (χ2v) is 2.44. The summed E-state index contributed by atoms with van der Waals surface area (Å²) in [6, 6.07) is 7.32. The van der Waals surface area contributed by atoms with E-state index in [1.165, 1.54) is 0 Å². The molecule has 1 aromatic carbocycles. The molecular weight excluding hydrogens is 140 g/mol. The number of furan rings is 1. The number of benzene rings is 1. The molecule has 1 aromatic heterocycles. The Labute approximate surface area is 64.1 Å². The van der Waals surface area contributed by atoms with E-state index in [0.717, 1.165) is 16.5 Å². The molecule has 0 spiro atoms. The summed E-state index contributed by atoms with van der Waals surface area (Å²) in [6.07, 6.45) is 1.62. The van der Waals surface area contributed by atoms with E-state index in [0.29, 0.717) is 0 Å². The highest BCUT2D eigenvalue weighted by Gasteiger charge is 1.96. The molecule has 0 aliphatic rings. The summed E-state index contributed by atoms with van der Waals surface area (Å²) >= 11 is 0. The van der Waals surface area contributed by atoms with Gasteiger partial charge in [-0.15, -0.1) is 0 Å². The zero-order valence-electron chi connectivity index (χ0n) is 5.91. The Bertz CT molecular complexity index is 362. The maximum Gasteiger partial charge on any atom is 0.133 e. The van der Waals surface area contributed by atoms with Crippen LogP contribution in [0.2, 0.25) is 0 Å². The van der Waals surface area contributed by atoms with E-state index in [9.17, 15) is 5.11 Å². The fourth-order valence-corrected chi connectivity index (χ4v) is 1.11. The normalized spacial score (nSPS) is 10.6. The van der Waals surface area contributed by atoms with Crippen molar-refractivity contribution in [1.29, 1.82) is 0 Å². The predicted molar refractivity (Wildman–Crippen MR) is 40.6 cm³/mol. The lowest BCUT2D eigenvalue weighted by Crippen LogP contribution is -1.78. The van der Waals surface area contributed by atoms with Crippen LogP contribution in [0.25, 0.3) is 11.0 Å². The van der Waals surface area contributed by atoms with Crippen molar-refractivity contribution < 1.29 is 9.52 Å². The topological polar surface area (TPSA) is 33.0 Å². The smallest absolute Gasteiger partial charge is 0.133 e. The monoisotopic (exact) mass is 147 g/mol. The molecule has 0 amide bonds. The Balaban J connectivity index is 2.67. The van der Waals surface area contributed by atoms with Crippen LogP contribution in [-0.2, 0) is 11.7 Å². The van der Waals surface area contributed by atoms with Crippen molar-refractivity contribution >= 4 is 11.0 Å². The van der Waals surface area contributed by atoms with Gasteiger partial charge in [0.2, 0.25) is 0 Å². The van der Waals surface area contributed by atoms with Gasteiger partial charge in [0.1, 0.15) is 12.2 Å². The summed E-state index contributed by atoms with van der Waals surface area (Å²) in [5.74, 6) is 0. The van der Waals surface area contributed by atoms with Crippen molar-refractivity contribution in [2.24, 2.45) is 0 Å². The molecule has 2 nitrogen and oxygen atoms in total. The van der Waals surface area contributed by atoms with Crippen molar-refractivity contribution in [2.75, 3.05) is 0 Å². The molecule has 0 saturated carbocycles. The van der Waals surface area contributed by atoms with Crippen molar-refractivity contribution in [1.82, 2.24) is 0 Å². The lowest BCUT2D eigenvalue weighted by Gasteiger charge is -1.92. The highest BCUT2D eigenvalue weighted by molar-refractivity contribution is 5.77. The van der Waals surface area contributed by atoms with Gasteiger partial charge in [-0.3, -0.25) is 0 Å². The first-order valence-corrected chi connectivity index (χ1v) is 3.44. The third kappa shape index (κ3) is 1.01. The molecule has 0 bridgehead atoms. The lowest BCUT2D eigenvalue weighted by atomic mass is 10.2.